The van der Waals surface area contributed by atoms with Crippen molar-refractivity contribution in [3.05, 3.63) is 48.5 Å². The standard InChI is InChI=1S/C25H31N5O3S/c1-4-30-24(19-6-5-7-22(18-19)33-3)26-27-25(30)34-17-12-23(31)29-15-13-28(14-16-29)20-8-10-21(32-2)11-9-20/h5-11,18H,4,12-17H2,1-3H3. The summed E-state index contributed by atoms with van der Waals surface area (Å²) in [6, 6.07) is 15.9. The second-order valence-corrected chi connectivity index (χ2v) is 9.01. The highest BCUT2D eigenvalue weighted by atomic mass is 32.2. The molecule has 2 aromatic carbocycles. The molecule has 0 saturated carbocycles. The third-order valence-corrected chi connectivity index (χ3v) is 6.95. The van der Waals surface area contributed by atoms with E-state index in [1.807, 2.05) is 41.3 Å². The number of aromatic nitrogens is 3. The van der Waals surface area contributed by atoms with Crippen LogP contribution in [-0.4, -0.2) is 71.7 Å². The van der Waals surface area contributed by atoms with Crippen LogP contribution in [0, 0.1) is 0 Å². The molecule has 180 valence electrons. The van der Waals surface area contributed by atoms with Crippen LogP contribution in [0.15, 0.2) is 53.7 Å². The lowest BCUT2D eigenvalue weighted by Gasteiger charge is -2.36. The summed E-state index contributed by atoms with van der Waals surface area (Å²) in [6.45, 7) is 5.97. The number of methoxy groups -OCH3 is 2. The van der Waals surface area contributed by atoms with Crippen LogP contribution in [-0.2, 0) is 11.3 Å². The largest absolute Gasteiger partial charge is 0.497 e. The van der Waals surface area contributed by atoms with Gasteiger partial charge >= 0.3 is 0 Å². The van der Waals surface area contributed by atoms with Crippen LogP contribution in [0.2, 0.25) is 0 Å². The normalized spacial score (nSPS) is 13.7. The minimum absolute atomic E-state index is 0.192. The molecular formula is C25H31N5O3S. The van der Waals surface area contributed by atoms with Crippen molar-refractivity contribution in [3.63, 3.8) is 0 Å². The maximum Gasteiger partial charge on any atom is 0.223 e. The molecule has 0 radical (unpaired) electrons. The molecule has 0 bridgehead atoms. The van der Waals surface area contributed by atoms with Gasteiger partial charge in [0.25, 0.3) is 0 Å². The van der Waals surface area contributed by atoms with E-state index in [-0.39, 0.29) is 5.91 Å². The molecule has 1 aliphatic heterocycles. The molecule has 1 saturated heterocycles. The second-order valence-electron chi connectivity index (χ2n) is 7.95. The van der Waals surface area contributed by atoms with Gasteiger partial charge < -0.3 is 23.8 Å². The van der Waals surface area contributed by atoms with Crippen LogP contribution in [0.1, 0.15) is 13.3 Å². The molecule has 3 aromatic rings. The molecule has 1 aliphatic rings. The second kappa shape index (κ2) is 11.3. The summed E-state index contributed by atoms with van der Waals surface area (Å²) in [5, 5.41) is 9.61. The van der Waals surface area contributed by atoms with Gasteiger partial charge in [-0.15, -0.1) is 10.2 Å². The number of carbonyl (C=O) groups excluding carboxylic acids is 1. The van der Waals surface area contributed by atoms with E-state index in [0.717, 1.165) is 66.5 Å². The van der Waals surface area contributed by atoms with E-state index in [2.05, 4.69) is 38.7 Å². The Kier molecular flexibility index (Phi) is 7.95. The number of benzene rings is 2. The number of ether oxygens (including phenoxy) is 2. The van der Waals surface area contributed by atoms with Crippen molar-refractivity contribution in [3.8, 4) is 22.9 Å². The van der Waals surface area contributed by atoms with E-state index in [1.54, 1.807) is 26.0 Å². The summed E-state index contributed by atoms with van der Waals surface area (Å²) in [4.78, 5) is 17.1. The Hall–Kier alpha value is -3.20. The van der Waals surface area contributed by atoms with Gasteiger partial charge in [-0.05, 0) is 43.3 Å². The van der Waals surface area contributed by atoms with E-state index in [9.17, 15) is 4.79 Å². The first-order valence-corrected chi connectivity index (χ1v) is 12.5. The van der Waals surface area contributed by atoms with Crippen LogP contribution in [0.4, 0.5) is 5.69 Å². The Morgan fingerprint density at radius 3 is 2.38 bits per heavy atom. The first-order valence-electron chi connectivity index (χ1n) is 11.5. The van der Waals surface area contributed by atoms with E-state index in [0.29, 0.717) is 12.2 Å². The van der Waals surface area contributed by atoms with E-state index in [1.165, 1.54) is 0 Å². The van der Waals surface area contributed by atoms with Gasteiger partial charge in [-0.3, -0.25) is 4.79 Å². The minimum atomic E-state index is 0.192. The number of hydrogen-bond donors (Lipinski definition) is 0. The first-order chi connectivity index (χ1) is 16.6. The van der Waals surface area contributed by atoms with E-state index >= 15 is 0 Å². The van der Waals surface area contributed by atoms with E-state index < -0.39 is 0 Å². The fraction of sp³-hybridized carbons (Fsp3) is 0.400. The maximum atomic E-state index is 12.8. The predicted molar refractivity (Wildman–Crippen MR) is 135 cm³/mol. The predicted octanol–water partition coefficient (Wildman–Crippen LogP) is 3.81. The Morgan fingerprint density at radius 2 is 1.71 bits per heavy atom. The van der Waals surface area contributed by atoms with Gasteiger partial charge in [0.05, 0.1) is 14.2 Å². The number of carbonyl (C=O) groups is 1. The smallest absolute Gasteiger partial charge is 0.223 e. The van der Waals surface area contributed by atoms with Gasteiger partial charge in [0.1, 0.15) is 11.5 Å². The summed E-state index contributed by atoms with van der Waals surface area (Å²) in [5.74, 6) is 3.32. The number of nitrogens with zero attached hydrogens (tertiary/aromatic N) is 5. The summed E-state index contributed by atoms with van der Waals surface area (Å²) in [6.07, 6.45) is 0.484. The summed E-state index contributed by atoms with van der Waals surface area (Å²) in [5.41, 5.74) is 2.13. The monoisotopic (exact) mass is 481 g/mol. The molecule has 0 N–H and O–H groups in total. The lowest BCUT2D eigenvalue weighted by molar-refractivity contribution is -0.131. The maximum absolute atomic E-state index is 12.8. The molecule has 4 rings (SSSR count). The molecule has 0 unspecified atom stereocenters. The quantitative estimate of drug-likeness (QED) is 0.430. The van der Waals surface area contributed by atoms with Crippen molar-refractivity contribution >= 4 is 23.4 Å². The van der Waals surface area contributed by atoms with Crippen LogP contribution < -0.4 is 14.4 Å². The van der Waals surface area contributed by atoms with Crippen molar-refractivity contribution in [2.75, 3.05) is 51.1 Å². The number of thioether (sulfide) groups is 1. The number of amides is 1. The number of anilines is 1. The Bertz CT molecular complexity index is 1090. The highest BCUT2D eigenvalue weighted by Crippen LogP contribution is 2.27. The molecule has 1 fully saturated rings. The van der Waals surface area contributed by atoms with Gasteiger partial charge in [-0.25, -0.2) is 0 Å². The van der Waals surface area contributed by atoms with Crippen LogP contribution in [0.3, 0.4) is 0 Å². The lowest BCUT2D eigenvalue weighted by Crippen LogP contribution is -2.48. The van der Waals surface area contributed by atoms with Gasteiger partial charge in [0, 0.05) is 56.1 Å². The zero-order chi connectivity index (χ0) is 23.9. The Balaban J connectivity index is 1.28. The fourth-order valence-electron chi connectivity index (χ4n) is 4.05. The zero-order valence-corrected chi connectivity index (χ0v) is 20.8. The third-order valence-electron chi connectivity index (χ3n) is 5.98. The lowest BCUT2D eigenvalue weighted by atomic mass is 10.2. The third kappa shape index (κ3) is 5.47. The number of hydrogen-bond acceptors (Lipinski definition) is 7. The molecule has 0 aliphatic carbocycles. The van der Waals surface area contributed by atoms with Gasteiger partial charge in [0.2, 0.25) is 5.91 Å². The summed E-state index contributed by atoms with van der Waals surface area (Å²) in [7, 11) is 3.32. The summed E-state index contributed by atoms with van der Waals surface area (Å²) >= 11 is 1.58. The minimum Gasteiger partial charge on any atom is -0.497 e. The van der Waals surface area contributed by atoms with Crippen molar-refractivity contribution in [1.82, 2.24) is 19.7 Å². The zero-order valence-electron chi connectivity index (χ0n) is 19.9. The highest BCUT2D eigenvalue weighted by molar-refractivity contribution is 7.99. The van der Waals surface area contributed by atoms with Crippen molar-refractivity contribution in [2.24, 2.45) is 0 Å². The molecule has 0 spiro atoms. The molecule has 1 aromatic heterocycles. The van der Waals surface area contributed by atoms with Crippen LogP contribution >= 0.6 is 11.8 Å². The first kappa shape index (κ1) is 23.9. The molecule has 34 heavy (non-hydrogen) atoms. The molecule has 9 heteroatoms. The van der Waals surface area contributed by atoms with Gasteiger partial charge in [-0.1, -0.05) is 23.9 Å². The van der Waals surface area contributed by atoms with Gasteiger partial charge in [0.15, 0.2) is 11.0 Å². The topological polar surface area (TPSA) is 72.7 Å². The SMILES string of the molecule is CCn1c(SCCC(=O)N2CCN(c3ccc(OC)cc3)CC2)nnc1-c1cccc(OC)c1. The molecule has 1 amide bonds. The van der Waals surface area contributed by atoms with Crippen molar-refractivity contribution in [2.45, 2.75) is 25.0 Å². The van der Waals surface area contributed by atoms with Gasteiger partial charge in [-0.2, -0.15) is 0 Å². The van der Waals surface area contributed by atoms with Crippen molar-refractivity contribution in [1.29, 1.82) is 0 Å². The van der Waals surface area contributed by atoms with Crippen LogP contribution in [0.5, 0.6) is 11.5 Å². The Labute approximate surface area is 204 Å². The fourth-order valence-corrected chi connectivity index (χ4v) is 4.98. The Morgan fingerprint density at radius 1 is 0.971 bits per heavy atom. The van der Waals surface area contributed by atoms with Crippen LogP contribution in [0.25, 0.3) is 11.4 Å². The highest BCUT2D eigenvalue weighted by Gasteiger charge is 2.22. The molecule has 2 heterocycles. The average molecular weight is 482 g/mol. The average Bonchev–Trinajstić information content (AvgIpc) is 3.31. The van der Waals surface area contributed by atoms with Crippen molar-refractivity contribution < 1.29 is 14.3 Å². The molecular weight excluding hydrogens is 450 g/mol. The number of rotatable bonds is 9. The summed E-state index contributed by atoms with van der Waals surface area (Å²) < 4.78 is 12.6. The number of piperazine rings is 1. The molecule has 8 nitrogen and oxygen atoms in total. The van der Waals surface area contributed by atoms with E-state index in [4.69, 9.17) is 9.47 Å². The molecule has 0 atom stereocenters.